The van der Waals surface area contributed by atoms with E-state index in [0.717, 1.165) is 5.75 Å². The molecule has 1 aromatic heterocycles. The van der Waals surface area contributed by atoms with Gasteiger partial charge in [-0.05, 0) is 30.5 Å². The van der Waals surface area contributed by atoms with E-state index < -0.39 is 0 Å². The largest absolute Gasteiger partial charge is 0.302 e. The molecule has 0 saturated carbocycles. The molecule has 0 bridgehead atoms. The summed E-state index contributed by atoms with van der Waals surface area (Å²) in [7, 11) is 3.69. The number of nitro groups is 1. The van der Waals surface area contributed by atoms with Crippen LogP contribution in [0.4, 0.5) is 5.69 Å². The van der Waals surface area contributed by atoms with Gasteiger partial charge in [-0.25, -0.2) is 9.29 Å². The van der Waals surface area contributed by atoms with Gasteiger partial charge in [-0.15, -0.1) is 0 Å². The van der Waals surface area contributed by atoms with Crippen LogP contribution >= 0.6 is 33.5 Å². The van der Waals surface area contributed by atoms with Gasteiger partial charge in [0.15, 0.2) is 5.03 Å². The van der Waals surface area contributed by atoms with Crippen molar-refractivity contribution < 1.29 is 4.92 Å². The number of rotatable bonds is 9. The van der Waals surface area contributed by atoms with Crippen molar-refractivity contribution in [2.24, 2.45) is 0 Å². The summed E-state index contributed by atoms with van der Waals surface area (Å²) < 4.78 is 2.38. The molecule has 8 heteroatoms. The number of hydrogen-bond acceptors (Lipinski definition) is 7. The smallest absolute Gasteiger partial charge is 0.258 e. The van der Waals surface area contributed by atoms with Gasteiger partial charge in [0.25, 0.3) is 0 Å². The Morgan fingerprint density at radius 3 is 2.52 bits per heavy atom. The van der Waals surface area contributed by atoms with E-state index in [1.54, 1.807) is 12.3 Å². The minimum absolute atomic E-state index is 0.0458. The first-order chi connectivity index (χ1) is 12.8. The highest BCUT2D eigenvalue weighted by Crippen LogP contribution is 2.38. The van der Waals surface area contributed by atoms with Crippen molar-refractivity contribution in [1.29, 1.82) is 0 Å². The van der Waals surface area contributed by atoms with Gasteiger partial charge in [0.05, 0.1) is 4.92 Å². The Kier molecular flexibility index (Phi) is 8.47. The molecule has 0 fully saturated rings. The van der Waals surface area contributed by atoms with E-state index in [1.807, 2.05) is 39.8 Å². The first-order valence-electron chi connectivity index (χ1n) is 8.65. The van der Waals surface area contributed by atoms with Crippen LogP contribution in [0.25, 0.3) is 0 Å². The predicted molar refractivity (Wildman–Crippen MR) is 118 cm³/mol. The Labute approximate surface area is 173 Å². The molecule has 5 nitrogen and oxygen atoms in total. The van der Waals surface area contributed by atoms with E-state index in [4.69, 9.17) is 0 Å². The van der Waals surface area contributed by atoms with Crippen molar-refractivity contribution in [1.82, 2.24) is 9.29 Å². The Bertz CT molecular complexity index is 738. The minimum Gasteiger partial charge on any atom is -0.258 e. The molecule has 0 amide bonds. The van der Waals surface area contributed by atoms with E-state index in [9.17, 15) is 10.1 Å². The van der Waals surface area contributed by atoms with Crippen LogP contribution in [-0.4, -0.2) is 30.8 Å². The third-order valence-corrected chi connectivity index (χ3v) is 8.15. The van der Waals surface area contributed by atoms with E-state index in [-0.39, 0.29) is 21.4 Å². The lowest BCUT2D eigenvalue weighted by molar-refractivity contribution is -0.388. The lowest BCUT2D eigenvalue weighted by Gasteiger charge is -2.28. The summed E-state index contributed by atoms with van der Waals surface area (Å²) >= 11 is 1.36. The van der Waals surface area contributed by atoms with E-state index in [1.165, 1.54) is 23.6 Å². The van der Waals surface area contributed by atoms with Crippen LogP contribution in [0, 0.1) is 10.1 Å². The van der Waals surface area contributed by atoms with Crippen LogP contribution in [0.5, 0.6) is 0 Å². The number of hydrogen-bond donors (Lipinski definition) is 0. The second-order valence-electron chi connectivity index (χ2n) is 7.07. The Morgan fingerprint density at radius 2 is 1.89 bits per heavy atom. The molecule has 0 saturated heterocycles. The molecule has 0 unspecified atom stereocenters. The Morgan fingerprint density at radius 1 is 1.19 bits per heavy atom. The van der Waals surface area contributed by atoms with Crippen molar-refractivity contribution in [3.63, 3.8) is 0 Å². The quantitative estimate of drug-likeness (QED) is 0.210. The second-order valence-corrected chi connectivity index (χ2v) is 11.3. The molecule has 0 aliphatic heterocycles. The van der Waals surface area contributed by atoms with Crippen molar-refractivity contribution in [2.75, 3.05) is 5.75 Å². The van der Waals surface area contributed by atoms with Crippen LogP contribution in [0.1, 0.15) is 33.3 Å². The molecule has 0 aliphatic carbocycles. The number of benzene rings is 1. The molecule has 1 heterocycles. The molecular formula is C19H25N3O2S3. The topological polar surface area (TPSA) is 59.3 Å². The summed E-state index contributed by atoms with van der Waals surface area (Å²) in [6, 6.07) is 13.5. The van der Waals surface area contributed by atoms with Crippen LogP contribution in [-0.2, 0) is 6.54 Å². The van der Waals surface area contributed by atoms with E-state index in [0.29, 0.717) is 11.6 Å². The summed E-state index contributed by atoms with van der Waals surface area (Å²) in [5.41, 5.74) is 1.22. The van der Waals surface area contributed by atoms with Gasteiger partial charge in [-0.1, -0.05) is 72.7 Å². The first kappa shape index (κ1) is 22.1. The van der Waals surface area contributed by atoms with Crippen LogP contribution < -0.4 is 0 Å². The average Bonchev–Trinajstić information content (AvgIpc) is 2.61. The molecule has 1 aromatic carbocycles. The fraction of sp³-hybridized carbons (Fsp3) is 0.421. The Hall–Kier alpha value is -1.22. The molecule has 0 N–H and O–H groups in total. The van der Waals surface area contributed by atoms with Crippen molar-refractivity contribution in [2.45, 2.75) is 50.1 Å². The maximum atomic E-state index is 11.3. The number of pyridine rings is 1. The molecule has 1 atom stereocenters. The van der Waals surface area contributed by atoms with Gasteiger partial charge >= 0.3 is 5.69 Å². The summed E-state index contributed by atoms with van der Waals surface area (Å²) in [5, 5.41) is 11.8. The SMILES string of the molecule is C[C@H](CSSC(C)(C)C)N(Cc1ccccc1)Sc1ncccc1[N+](=O)[O-]. The number of nitrogens with zero attached hydrogens (tertiary/aromatic N) is 3. The molecule has 146 valence electrons. The summed E-state index contributed by atoms with van der Waals surface area (Å²) in [4.78, 5) is 15.2. The molecule has 2 aromatic rings. The minimum atomic E-state index is -0.370. The summed E-state index contributed by atoms with van der Waals surface area (Å²) in [6.45, 7) is 9.44. The fourth-order valence-corrected chi connectivity index (χ4v) is 5.92. The third-order valence-electron chi connectivity index (χ3n) is 3.44. The van der Waals surface area contributed by atoms with Crippen molar-refractivity contribution in [3.05, 3.63) is 64.3 Å². The molecule has 2 rings (SSSR count). The monoisotopic (exact) mass is 423 g/mol. The molecular weight excluding hydrogens is 398 g/mol. The molecule has 0 radical (unpaired) electrons. The highest BCUT2D eigenvalue weighted by Gasteiger charge is 2.23. The third kappa shape index (κ3) is 7.73. The van der Waals surface area contributed by atoms with Gasteiger partial charge < -0.3 is 0 Å². The predicted octanol–water partition coefficient (Wildman–Crippen LogP) is 6.07. The number of aromatic nitrogens is 1. The van der Waals surface area contributed by atoms with Crippen LogP contribution in [0.3, 0.4) is 0 Å². The highest BCUT2D eigenvalue weighted by molar-refractivity contribution is 8.77. The summed E-state index contributed by atoms with van der Waals surface area (Å²) in [6.07, 6.45) is 1.60. The van der Waals surface area contributed by atoms with Gasteiger partial charge in [0.1, 0.15) is 0 Å². The Balaban J connectivity index is 2.15. The van der Waals surface area contributed by atoms with Crippen LogP contribution in [0.2, 0.25) is 0 Å². The zero-order chi connectivity index (χ0) is 19.9. The summed E-state index contributed by atoms with van der Waals surface area (Å²) in [5.74, 6) is 0.919. The van der Waals surface area contributed by atoms with E-state index in [2.05, 4.69) is 49.1 Å². The standard InChI is InChI=1S/C19H25N3O2S3/c1-15(14-25-27-19(2,3)4)21(13-16-9-6-5-7-10-16)26-18-17(22(23)24)11-8-12-20-18/h5-12,15H,13-14H2,1-4H3/t15-/m1/s1. The zero-order valence-corrected chi connectivity index (χ0v) is 18.4. The zero-order valence-electron chi connectivity index (χ0n) is 16.0. The van der Waals surface area contributed by atoms with E-state index >= 15 is 0 Å². The van der Waals surface area contributed by atoms with Gasteiger partial charge in [-0.2, -0.15) is 0 Å². The highest BCUT2D eigenvalue weighted by atomic mass is 33.1. The molecule has 0 spiro atoms. The maximum Gasteiger partial charge on any atom is 0.302 e. The van der Waals surface area contributed by atoms with Gasteiger partial charge in [0, 0.05) is 35.3 Å². The normalized spacial score (nSPS) is 12.9. The van der Waals surface area contributed by atoms with Crippen molar-refractivity contribution >= 4 is 39.2 Å². The fourth-order valence-electron chi connectivity index (χ4n) is 2.14. The average molecular weight is 424 g/mol. The van der Waals surface area contributed by atoms with Gasteiger partial charge in [-0.3, -0.25) is 10.1 Å². The lowest BCUT2D eigenvalue weighted by Crippen LogP contribution is -2.28. The van der Waals surface area contributed by atoms with Gasteiger partial charge in [0.2, 0.25) is 0 Å². The van der Waals surface area contributed by atoms with Crippen molar-refractivity contribution in [3.8, 4) is 0 Å². The molecule has 27 heavy (non-hydrogen) atoms. The maximum absolute atomic E-state index is 11.3. The lowest BCUT2D eigenvalue weighted by atomic mass is 10.2. The molecule has 0 aliphatic rings. The second kappa shape index (κ2) is 10.4. The van der Waals surface area contributed by atoms with Crippen LogP contribution in [0.15, 0.2) is 53.7 Å². The first-order valence-corrected chi connectivity index (χ1v) is 11.7.